The third-order valence-corrected chi connectivity index (χ3v) is 3.17. The van der Waals surface area contributed by atoms with Gasteiger partial charge in [0.2, 0.25) is 5.91 Å². The molecule has 0 bridgehead atoms. The number of nitrogens with zero attached hydrogens (tertiary/aromatic N) is 2. The molecule has 5 nitrogen and oxygen atoms in total. The van der Waals surface area contributed by atoms with Crippen LogP contribution in [0, 0.1) is 0 Å². The molecular weight excluding hydrogens is 218 g/mol. The van der Waals surface area contributed by atoms with Crippen molar-refractivity contribution in [3.63, 3.8) is 0 Å². The maximum Gasteiger partial charge on any atom is 0.222 e. The molecule has 0 spiro atoms. The second-order valence-corrected chi connectivity index (χ2v) is 4.51. The van der Waals surface area contributed by atoms with Gasteiger partial charge in [0.25, 0.3) is 0 Å². The van der Waals surface area contributed by atoms with Gasteiger partial charge in [0.1, 0.15) is 0 Å². The van der Waals surface area contributed by atoms with Crippen LogP contribution in [0.3, 0.4) is 0 Å². The Morgan fingerprint density at radius 1 is 1.29 bits per heavy atom. The van der Waals surface area contributed by atoms with Crippen molar-refractivity contribution < 1.29 is 9.90 Å². The number of aliphatic hydroxyl groups is 1. The van der Waals surface area contributed by atoms with Crippen LogP contribution in [0.2, 0.25) is 0 Å². The van der Waals surface area contributed by atoms with E-state index in [0.29, 0.717) is 6.42 Å². The van der Waals surface area contributed by atoms with Crippen LogP contribution in [-0.4, -0.2) is 73.7 Å². The van der Waals surface area contributed by atoms with Gasteiger partial charge in [-0.3, -0.25) is 9.69 Å². The lowest BCUT2D eigenvalue weighted by Crippen LogP contribution is -2.36. The summed E-state index contributed by atoms with van der Waals surface area (Å²) in [4.78, 5) is 16.1. The normalized spacial score (nSPS) is 18.1. The van der Waals surface area contributed by atoms with E-state index >= 15 is 0 Å². The molecule has 17 heavy (non-hydrogen) atoms. The summed E-state index contributed by atoms with van der Waals surface area (Å²) in [5.41, 5.74) is 0. The van der Waals surface area contributed by atoms with Crippen LogP contribution in [-0.2, 0) is 4.79 Å². The van der Waals surface area contributed by atoms with Crippen molar-refractivity contribution in [2.24, 2.45) is 0 Å². The second kappa shape index (κ2) is 8.44. The molecule has 1 amide bonds. The van der Waals surface area contributed by atoms with Gasteiger partial charge in [-0.15, -0.1) is 0 Å². The first-order valence-corrected chi connectivity index (χ1v) is 6.53. The molecule has 0 aromatic carbocycles. The van der Waals surface area contributed by atoms with Gasteiger partial charge in [0.15, 0.2) is 0 Å². The van der Waals surface area contributed by atoms with Crippen molar-refractivity contribution in [3.05, 3.63) is 0 Å². The maximum atomic E-state index is 11.9. The monoisotopic (exact) mass is 243 g/mol. The molecule has 1 fully saturated rings. The molecule has 1 heterocycles. The Morgan fingerprint density at radius 3 is 2.82 bits per heavy atom. The number of hydrogen-bond acceptors (Lipinski definition) is 4. The van der Waals surface area contributed by atoms with E-state index in [1.165, 1.54) is 0 Å². The summed E-state index contributed by atoms with van der Waals surface area (Å²) < 4.78 is 0. The molecule has 0 aromatic rings. The molecule has 0 radical (unpaired) electrons. The fourth-order valence-corrected chi connectivity index (χ4v) is 2.16. The fourth-order valence-electron chi connectivity index (χ4n) is 2.16. The van der Waals surface area contributed by atoms with Crippen LogP contribution in [0.5, 0.6) is 0 Å². The van der Waals surface area contributed by atoms with E-state index in [1.54, 1.807) is 0 Å². The van der Waals surface area contributed by atoms with E-state index in [9.17, 15) is 4.79 Å². The lowest BCUT2D eigenvalue weighted by atomic mass is 10.2. The van der Waals surface area contributed by atoms with E-state index in [-0.39, 0.29) is 12.5 Å². The minimum atomic E-state index is 0.204. The molecule has 0 aliphatic carbocycles. The molecule has 1 rings (SSSR count). The predicted molar refractivity (Wildman–Crippen MR) is 67.9 cm³/mol. The highest BCUT2D eigenvalue weighted by Crippen LogP contribution is 2.05. The Morgan fingerprint density at radius 2 is 2.12 bits per heavy atom. The van der Waals surface area contributed by atoms with E-state index in [1.807, 2.05) is 11.9 Å². The highest BCUT2D eigenvalue weighted by molar-refractivity contribution is 5.76. The largest absolute Gasteiger partial charge is 0.395 e. The van der Waals surface area contributed by atoms with Gasteiger partial charge in [-0.2, -0.15) is 0 Å². The number of carbonyl (C=O) groups is 1. The molecule has 0 atom stereocenters. The molecule has 100 valence electrons. The van der Waals surface area contributed by atoms with Gasteiger partial charge < -0.3 is 15.3 Å². The van der Waals surface area contributed by atoms with Crippen molar-refractivity contribution in [1.82, 2.24) is 15.1 Å². The number of nitrogens with one attached hydrogen (secondary N) is 1. The van der Waals surface area contributed by atoms with Gasteiger partial charge >= 0.3 is 0 Å². The minimum absolute atomic E-state index is 0.204. The van der Waals surface area contributed by atoms with E-state index < -0.39 is 0 Å². The van der Waals surface area contributed by atoms with Gasteiger partial charge in [0, 0.05) is 32.6 Å². The smallest absolute Gasteiger partial charge is 0.222 e. The van der Waals surface area contributed by atoms with Crippen LogP contribution in [0.15, 0.2) is 0 Å². The third-order valence-electron chi connectivity index (χ3n) is 3.17. The molecule has 2 N–H and O–H groups in total. The third kappa shape index (κ3) is 5.48. The SMILES string of the molecule is CNCCCC(=O)N1CCCN(CCO)CC1. The first kappa shape index (κ1) is 14.4. The second-order valence-electron chi connectivity index (χ2n) is 4.51. The topological polar surface area (TPSA) is 55.8 Å². The van der Waals surface area contributed by atoms with Gasteiger partial charge in [-0.25, -0.2) is 0 Å². The lowest BCUT2D eigenvalue weighted by molar-refractivity contribution is -0.131. The number of β-amino-alcohol motifs (C(OH)–C–C–N with tert-alkyl or cyclic N) is 1. The summed E-state index contributed by atoms with van der Waals surface area (Å²) in [6.45, 7) is 5.37. The number of aliphatic hydroxyl groups excluding tert-OH is 1. The summed E-state index contributed by atoms with van der Waals surface area (Å²) >= 11 is 0. The minimum Gasteiger partial charge on any atom is -0.395 e. The van der Waals surface area contributed by atoms with Gasteiger partial charge in [0.05, 0.1) is 6.61 Å². The highest BCUT2D eigenvalue weighted by atomic mass is 16.3. The Labute approximate surface area is 104 Å². The standard InChI is InChI=1S/C12H25N3O2/c1-13-5-2-4-12(17)15-7-3-6-14(8-9-15)10-11-16/h13,16H,2-11H2,1H3. The van der Waals surface area contributed by atoms with Crippen molar-refractivity contribution in [2.45, 2.75) is 19.3 Å². The Kier molecular flexibility index (Phi) is 7.16. The molecule has 5 heteroatoms. The van der Waals surface area contributed by atoms with Crippen molar-refractivity contribution in [1.29, 1.82) is 0 Å². The zero-order chi connectivity index (χ0) is 12.5. The number of carbonyl (C=O) groups excluding carboxylic acids is 1. The Bertz CT molecular complexity index is 224. The fraction of sp³-hybridized carbons (Fsp3) is 0.917. The van der Waals surface area contributed by atoms with Gasteiger partial charge in [-0.1, -0.05) is 0 Å². The quantitative estimate of drug-likeness (QED) is 0.618. The number of rotatable bonds is 6. The molecular formula is C12H25N3O2. The van der Waals surface area contributed by atoms with E-state index in [0.717, 1.165) is 52.1 Å². The summed E-state index contributed by atoms with van der Waals surface area (Å²) in [5.74, 6) is 0.270. The Hall–Kier alpha value is -0.650. The first-order chi connectivity index (χ1) is 8.27. The zero-order valence-electron chi connectivity index (χ0n) is 10.8. The van der Waals surface area contributed by atoms with Crippen molar-refractivity contribution >= 4 is 5.91 Å². The predicted octanol–water partition coefficient (Wildman–Crippen LogP) is -0.487. The molecule has 1 aliphatic heterocycles. The number of amides is 1. The van der Waals surface area contributed by atoms with E-state index in [4.69, 9.17) is 5.11 Å². The maximum absolute atomic E-state index is 11.9. The molecule has 0 saturated carbocycles. The molecule has 0 unspecified atom stereocenters. The molecule has 1 aliphatic rings. The summed E-state index contributed by atoms with van der Waals surface area (Å²) in [5, 5.41) is 12.0. The van der Waals surface area contributed by atoms with Crippen molar-refractivity contribution in [3.8, 4) is 0 Å². The van der Waals surface area contributed by atoms with Crippen molar-refractivity contribution in [2.75, 3.05) is 52.9 Å². The zero-order valence-corrected chi connectivity index (χ0v) is 10.8. The molecule has 1 saturated heterocycles. The first-order valence-electron chi connectivity index (χ1n) is 6.53. The van der Waals surface area contributed by atoms with Crippen LogP contribution in [0.25, 0.3) is 0 Å². The average molecular weight is 243 g/mol. The highest BCUT2D eigenvalue weighted by Gasteiger charge is 2.17. The van der Waals surface area contributed by atoms with Crippen LogP contribution >= 0.6 is 0 Å². The van der Waals surface area contributed by atoms with Crippen LogP contribution < -0.4 is 5.32 Å². The van der Waals surface area contributed by atoms with Crippen LogP contribution in [0.4, 0.5) is 0 Å². The Balaban J connectivity index is 2.27. The summed E-state index contributed by atoms with van der Waals surface area (Å²) in [6.07, 6.45) is 2.56. The van der Waals surface area contributed by atoms with Gasteiger partial charge in [-0.05, 0) is 33.0 Å². The summed E-state index contributed by atoms with van der Waals surface area (Å²) in [6, 6.07) is 0. The molecule has 0 aromatic heterocycles. The average Bonchev–Trinajstić information content (AvgIpc) is 2.55. The summed E-state index contributed by atoms with van der Waals surface area (Å²) in [7, 11) is 1.91. The van der Waals surface area contributed by atoms with Crippen LogP contribution in [0.1, 0.15) is 19.3 Å². The van der Waals surface area contributed by atoms with E-state index in [2.05, 4.69) is 10.2 Å². The lowest BCUT2D eigenvalue weighted by Gasteiger charge is -2.21. The number of hydrogen-bond donors (Lipinski definition) is 2.